The number of carbonyl (C=O) groups excluding carboxylic acids is 2. The molecule has 2 heterocycles. The van der Waals surface area contributed by atoms with Gasteiger partial charge in [0, 0.05) is 22.2 Å². The minimum Gasteiger partial charge on any atom is -0.476 e. The van der Waals surface area contributed by atoms with Crippen LogP contribution in [0.2, 0.25) is 5.02 Å². The number of benzene rings is 3. The molecule has 0 fully saturated rings. The monoisotopic (exact) mass is 554 g/mol. The van der Waals surface area contributed by atoms with Crippen LogP contribution in [0.15, 0.2) is 36.1 Å². The Hall–Kier alpha value is -4.16. The van der Waals surface area contributed by atoms with Gasteiger partial charge in [-0.05, 0) is 30.3 Å². The van der Waals surface area contributed by atoms with E-state index in [0.29, 0.717) is 21.9 Å². The second kappa shape index (κ2) is 9.95. The summed E-state index contributed by atoms with van der Waals surface area (Å²) in [6.45, 7) is -0.906. The zero-order chi connectivity index (χ0) is 27.1. The van der Waals surface area contributed by atoms with E-state index in [4.69, 9.17) is 30.5 Å². The zero-order valence-corrected chi connectivity index (χ0v) is 19.5. The van der Waals surface area contributed by atoms with Crippen molar-refractivity contribution in [2.45, 2.75) is 6.61 Å². The van der Waals surface area contributed by atoms with Crippen molar-refractivity contribution in [3.05, 3.63) is 86.9 Å². The molecule has 0 saturated heterocycles. The number of esters is 1. The number of Topliss-reactive ketones (excluding diaryl/α,β-unsaturated/α-hetero) is 1. The lowest BCUT2D eigenvalue weighted by atomic mass is 10.1. The van der Waals surface area contributed by atoms with Gasteiger partial charge in [-0.1, -0.05) is 11.6 Å². The highest BCUT2D eigenvalue weighted by Gasteiger charge is 2.30. The van der Waals surface area contributed by atoms with Crippen LogP contribution in [-0.4, -0.2) is 25.2 Å². The fourth-order valence-electron chi connectivity index (χ4n) is 3.69. The predicted molar refractivity (Wildman–Crippen MR) is 118 cm³/mol. The van der Waals surface area contributed by atoms with Gasteiger partial charge in [-0.15, -0.1) is 0 Å². The van der Waals surface area contributed by atoms with Crippen molar-refractivity contribution in [1.29, 1.82) is 0 Å². The first-order valence-electron chi connectivity index (χ1n) is 10.6. The van der Waals surface area contributed by atoms with Crippen LogP contribution < -0.4 is 18.9 Å². The Bertz CT molecular complexity index is 1510. The minimum absolute atomic E-state index is 0.0165. The number of hydrogen-bond donors (Lipinski definition) is 0. The molecule has 3 aromatic rings. The van der Waals surface area contributed by atoms with Crippen molar-refractivity contribution in [3.8, 4) is 23.0 Å². The van der Waals surface area contributed by atoms with E-state index in [0.717, 1.165) is 0 Å². The van der Waals surface area contributed by atoms with Crippen LogP contribution in [0, 0.1) is 29.1 Å². The summed E-state index contributed by atoms with van der Waals surface area (Å²) in [7, 11) is 0. The summed E-state index contributed by atoms with van der Waals surface area (Å²) >= 11 is 6.15. The molecule has 0 bridgehead atoms. The molecule has 0 saturated carbocycles. The molecule has 5 rings (SSSR count). The SMILES string of the molecule is O=C(COc1c(F)c(F)c(F)c(F)c1F)Oc1ccc2c(c1)O/C(=C\c1cc(Cl)cc3c1OCOC3)C2=O. The third-order valence-corrected chi connectivity index (χ3v) is 5.59. The van der Waals surface area contributed by atoms with E-state index in [2.05, 4.69) is 4.74 Å². The molecule has 0 spiro atoms. The van der Waals surface area contributed by atoms with Crippen LogP contribution in [0.1, 0.15) is 21.5 Å². The van der Waals surface area contributed by atoms with Crippen LogP contribution in [0.5, 0.6) is 23.0 Å². The Labute approximate surface area is 214 Å². The standard InChI is InChI=1S/C25H12ClF5O7/c26-12-3-10(24-11(4-12)7-34-9-36-24)5-16-23(33)14-2-1-13(6-15(14)38-16)37-17(32)8-35-25-21(30)19(28)18(27)20(29)22(25)31/h1-6H,7-9H2/b16-5-. The molecule has 0 radical (unpaired) electrons. The molecule has 0 amide bonds. The van der Waals surface area contributed by atoms with Crippen molar-refractivity contribution in [1.82, 2.24) is 0 Å². The highest BCUT2D eigenvalue weighted by Crippen LogP contribution is 2.38. The predicted octanol–water partition coefficient (Wildman–Crippen LogP) is 5.50. The normalized spacial score (nSPS) is 15.0. The third-order valence-electron chi connectivity index (χ3n) is 5.37. The molecule has 0 N–H and O–H groups in total. The molecular formula is C25H12ClF5O7. The van der Waals surface area contributed by atoms with Crippen LogP contribution in [-0.2, 0) is 16.1 Å². The van der Waals surface area contributed by atoms with Crippen molar-refractivity contribution in [3.63, 3.8) is 0 Å². The van der Waals surface area contributed by atoms with Crippen molar-refractivity contribution < 1.29 is 55.2 Å². The molecule has 0 aromatic heterocycles. The van der Waals surface area contributed by atoms with Gasteiger partial charge in [-0.25, -0.2) is 18.0 Å². The maximum absolute atomic E-state index is 13.7. The minimum atomic E-state index is -2.37. The lowest BCUT2D eigenvalue weighted by molar-refractivity contribution is -0.136. The van der Waals surface area contributed by atoms with E-state index in [9.17, 15) is 31.5 Å². The van der Waals surface area contributed by atoms with Gasteiger partial charge in [-0.2, -0.15) is 8.78 Å². The first-order chi connectivity index (χ1) is 18.1. The maximum Gasteiger partial charge on any atom is 0.349 e. The number of hydrogen-bond acceptors (Lipinski definition) is 7. The number of fused-ring (bicyclic) bond motifs is 2. The molecule has 2 aliphatic rings. The Morgan fingerprint density at radius 2 is 1.71 bits per heavy atom. The summed E-state index contributed by atoms with van der Waals surface area (Å²) in [5, 5.41) is 0.384. The van der Waals surface area contributed by atoms with Gasteiger partial charge in [0.25, 0.3) is 0 Å². The number of allylic oxidation sites excluding steroid dienone is 1. The summed E-state index contributed by atoms with van der Waals surface area (Å²) in [5.41, 5.74) is 1.30. The van der Waals surface area contributed by atoms with Crippen LogP contribution in [0.25, 0.3) is 6.08 Å². The topological polar surface area (TPSA) is 80.3 Å². The summed E-state index contributed by atoms with van der Waals surface area (Å²) < 4.78 is 92.9. The van der Waals surface area contributed by atoms with Crippen LogP contribution in [0.3, 0.4) is 0 Å². The van der Waals surface area contributed by atoms with E-state index in [1.54, 1.807) is 12.1 Å². The molecule has 2 aliphatic heterocycles. The third kappa shape index (κ3) is 4.63. The van der Waals surface area contributed by atoms with E-state index in [-0.39, 0.29) is 36.2 Å². The summed E-state index contributed by atoms with van der Waals surface area (Å²) in [6, 6.07) is 6.99. The molecule has 7 nitrogen and oxygen atoms in total. The number of halogens is 6. The van der Waals surface area contributed by atoms with E-state index >= 15 is 0 Å². The number of rotatable bonds is 5. The van der Waals surface area contributed by atoms with E-state index < -0.39 is 53.2 Å². The average molecular weight is 555 g/mol. The van der Waals surface area contributed by atoms with Gasteiger partial charge in [0.15, 0.2) is 24.9 Å². The highest BCUT2D eigenvalue weighted by atomic mass is 35.5. The van der Waals surface area contributed by atoms with Crippen LogP contribution in [0.4, 0.5) is 22.0 Å². The number of ether oxygens (including phenoxy) is 5. The Balaban J connectivity index is 1.30. The summed E-state index contributed by atoms with van der Waals surface area (Å²) in [5.74, 6) is -14.4. The van der Waals surface area contributed by atoms with Gasteiger partial charge in [0.1, 0.15) is 17.2 Å². The van der Waals surface area contributed by atoms with Gasteiger partial charge in [-0.3, -0.25) is 4.79 Å². The molecule has 0 atom stereocenters. The van der Waals surface area contributed by atoms with Crippen molar-refractivity contribution in [2.24, 2.45) is 0 Å². The fourth-order valence-corrected chi connectivity index (χ4v) is 3.94. The zero-order valence-electron chi connectivity index (χ0n) is 18.7. The van der Waals surface area contributed by atoms with E-state index in [1.807, 2.05) is 0 Å². The van der Waals surface area contributed by atoms with Gasteiger partial charge >= 0.3 is 5.97 Å². The van der Waals surface area contributed by atoms with Crippen molar-refractivity contribution in [2.75, 3.05) is 13.4 Å². The average Bonchev–Trinajstić information content (AvgIpc) is 3.20. The first kappa shape index (κ1) is 25.5. The lowest BCUT2D eigenvalue weighted by Gasteiger charge is -2.20. The Morgan fingerprint density at radius 3 is 2.45 bits per heavy atom. The molecule has 38 heavy (non-hydrogen) atoms. The lowest BCUT2D eigenvalue weighted by Crippen LogP contribution is -2.19. The second-order valence-corrected chi connectivity index (χ2v) is 8.29. The van der Waals surface area contributed by atoms with Gasteiger partial charge in [0.2, 0.25) is 34.9 Å². The number of carbonyl (C=O) groups is 2. The quantitative estimate of drug-likeness (QED) is 0.103. The first-order valence-corrected chi connectivity index (χ1v) is 11.0. The fraction of sp³-hybridized carbons (Fsp3) is 0.120. The molecule has 196 valence electrons. The largest absolute Gasteiger partial charge is 0.476 e. The summed E-state index contributed by atoms with van der Waals surface area (Å²) in [4.78, 5) is 24.9. The molecular weight excluding hydrogens is 543 g/mol. The van der Waals surface area contributed by atoms with Crippen molar-refractivity contribution >= 4 is 29.4 Å². The molecule has 0 aliphatic carbocycles. The summed E-state index contributed by atoms with van der Waals surface area (Å²) in [6.07, 6.45) is 1.43. The highest BCUT2D eigenvalue weighted by molar-refractivity contribution is 6.31. The van der Waals surface area contributed by atoms with Gasteiger partial charge in [0.05, 0.1) is 12.2 Å². The maximum atomic E-state index is 13.7. The smallest absolute Gasteiger partial charge is 0.349 e. The Kier molecular flexibility index (Phi) is 6.67. The van der Waals surface area contributed by atoms with E-state index in [1.165, 1.54) is 24.3 Å². The second-order valence-electron chi connectivity index (χ2n) is 7.85. The molecule has 0 unspecified atom stereocenters. The molecule has 13 heteroatoms. The number of ketones is 1. The Morgan fingerprint density at radius 1 is 1.00 bits per heavy atom. The van der Waals surface area contributed by atoms with Gasteiger partial charge < -0.3 is 23.7 Å². The van der Waals surface area contributed by atoms with Crippen LogP contribution >= 0.6 is 11.6 Å². The molecule has 3 aromatic carbocycles.